The molecule has 0 spiro atoms. The van der Waals surface area contributed by atoms with Crippen molar-refractivity contribution in [3.63, 3.8) is 0 Å². The van der Waals surface area contributed by atoms with Crippen LogP contribution >= 0.6 is 0 Å². The van der Waals surface area contributed by atoms with Crippen LogP contribution in [0.1, 0.15) is 76.2 Å². The second-order valence-corrected chi connectivity index (χ2v) is 11.5. The van der Waals surface area contributed by atoms with E-state index >= 15 is 0 Å². The Morgan fingerprint density at radius 1 is 0.538 bits per heavy atom. The van der Waals surface area contributed by atoms with Crippen molar-refractivity contribution in [3.8, 4) is 0 Å². The van der Waals surface area contributed by atoms with Gasteiger partial charge in [0.1, 0.15) is 34.2 Å². The predicted octanol–water partition coefficient (Wildman–Crippen LogP) is -1.23. The highest BCUT2D eigenvalue weighted by atomic mass is 16.5. The highest BCUT2D eigenvalue weighted by Crippen LogP contribution is 2.11. The summed E-state index contributed by atoms with van der Waals surface area (Å²) in [6, 6.07) is -2.16. The number of carbonyl (C=O) groups excluding carboxylic acids is 7. The number of hydrogen-bond acceptors (Lipinski definition) is 8. The van der Waals surface area contributed by atoms with Crippen LogP contribution in [0.3, 0.4) is 0 Å². The second kappa shape index (κ2) is 12.9. The molecular weight excluding hydrogens is 512 g/mol. The van der Waals surface area contributed by atoms with E-state index in [0.717, 1.165) is 0 Å². The third-order valence-corrected chi connectivity index (χ3v) is 5.67. The zero-order valence-corrected chi connectivity index (χ0v) is 24.9. The van der Waals surface area contributed by atoms with Crippen molar-refractivity contribution in [1.82, 2.24) is 31.9 Å². The molecule has 2 atom stereocenters. The normalized spacial score (nSPS) is 13.6. The van der Waals surface area contributed by atoms with Crippen LogP contribution in [0.5, 0.6) is 0 Å². The van der Waals surface area contributed by atoms with Gasteiger partial charge in [-0.05, 0) is 69.2 Å². The van der Waals surface area contributed by atoms with Gasteiger partial charge in [-0.3, -0.25) is 28.8 Å². The van der Waals surface area contributed by atoms with Crippen molar-refractivity contribution in [2.45, 2.75) is 110 Å². The van der Waals surface area contributed by atoms with Crippen molar-refractivity contribution in [2.24, 2.45) is 0 Å². The molecule has 0 aromatic rings. The standard InChI is InChI=1S/C25H44N6O8/c1-13(26-18(35)22(4,5)28-15(3)32)16(33)29-23(6,7)19(36)27-14(2)17(34)30-24(8,9)20(37)31-25(10,11)21(38)39-12/h13-14H,1-12H3,(H,26,35)(H,27,36)(H,28,32)(H,29,33)(H,30,34)(H,31,37)/t13-,14-/m0/s1. The van der Waals surface area contributed by atoms with Gasteiger partial charge in [-0.25, -0.2) is 4.79 Å². The lowest BCUT2D eigenvalue weighted by Crippen LogP contribution is -2.64. The van der Waals surface area contributed by atoms with Crippen LogP contribution in [0.25, 0.3) is 0 Å². The van der Waals surface area contributed by atoms with Gasteiger partial charge in [0, 0.05) is 6.92 Å². The van der Waals surface area contributed by atoms with E-state index in [1.54, 1.807) is 0 Å². The number of amides is 6. The maximum absolute atomic E-state index is 12.9. The average molecular weight is 557 g/mol. The third kappa shape index (κ3) is 10.5. The molecule has 0 bridgehead atoms. The summed E-state index contributed by atoms with van der Waals surface area (Å²) >= 11 is 0. The van der Waals surface area contributed by atoms with Crippen LogP contribution in [0.4, 0.5) is 0 Å². The summed E-state index contributed by atoms with van der Waals surface area (Å²) in [5.74, 6) is -4.42. The Bertz CT molecular complexity index is 1000. The van der Waals surface area contributed by atoms with Gasteiger partial charge in [-0.2, -0.15) is 0 Å². The maximum Gasteiger partial charge on any atom is 0.330 e. The molecule has 0 unspecified atom stereocenters. The number of esters is 1. The molecule has 6 amide bonds. The Kier molecular flexibility index (Phi) is 11.7. The van der Waals surface area contributed by atoms with Gasteiger partial charge in [0.15, 0.2) is 0 Å². The summed E-state index contributed by atoms with van der Waals surface area (Å²) in [4.78, 5) is 86.6. The monoisotopic (exact) mass is 556 g/mol. The van der Waals surface area contributed by atoms with E-state index in [4.69, 9.17) is 0 Å². The Morgan fingerprint density at radius 3 is 1.21 bits per heavy atom. The Balaban J connectivity index is 5.19. The molecule has 39 heavy (non-hydrogen) atoms. The number of hydrogen-bond donors (Lipinski definition) is 6. The number of methoxy groups -OCH3 is 1. The quantitative estimate of drug-likeness (QED) is 0.160. The largest absolute Gasteiger partial charge is 0.467 e. The topological polar surface area (TPSA) is 201 Å². The van der Waals surface area contributed by atoms with Crippen molar-refractivity contribution < 1.29 is 38.3 Å². The summed E-state index contributed by atoms with van der Waals surface area (Å²) in [5.41, 5.74) is -5.55. The molecule has 0 aromatic carbocycles. The number of carbonyl (C=O) groups is 7. The van der Waals surface area contributed by atoms with Gasteiger partial charge >= 0.3 is 5.97 Å². The van der Waals surface area contributed by atoms with E-state index in [9.17, 15) is 33.6 Å². The van der Waals surface area contributed by atoms with Crippen LogP contribution in [0.15, 0.2) is 0 Å². The van der Waals surface area contributed by atoms with E-state index in [0.29, 0.717) is 0 Å². The molecule has 6 N–H and O–H groups in total. The molecular formula is C25H44N6O8. The van der Waals surface area contributed by atoms with Crippen molar-refractivity contribution >= 4 is 41.4 Å². The van der Waals surface area contributed by atoms with Crippen LogP contribution < -0.4 is 31.9 Å². The average Bonchev–Trinajstić information content (AvgIpc) is 2.76. The lowest BCUT2D eigenvalue weighted by Gasteiger charge is -2.32. The minimum Gasteiger partial charge on any atom is -0.467 e. The molecule has 0 saturated heterocycles. The molecule has 0 aliphatic heterocycles. The highest BCUT2D eigenvalue weighted by Gasteiger charge is 2.39. The van der Waals surface area contributed by atoms with Gasteiger partial charge in [-0.1, -0.05) is 0 Å². The first-order valence-electron chi connectivity index (χ1n) is 12.4. The lowest BCUT2D eigenvalue weighted by atomic mass is 9.99. The van der Waals surface area contributed by atoms with E-state index < -0.39 is 75.7 Å². The fraction of sp³-hybridized carbons (Fsp3) is 0.720. The molecule has 0 aliphatic carbocycles. The Labute approximate surface area is 229 Å². The summed E-state index contributed by atoms with van der Waals surface area (Å²) in [6.45, 7) is 15.6. The van der Waals surface area contributed by atoms with E-state index in [1.165, 1.54) is 83.3 Å². The summed E-state index contributed by atoms with van der Waals surface area (Å²) in [7, 11) is 1.18. The van der Waals surface area contributed by atoms with Gasteiger partial charge < -0.3 is 36.6 Å². The van der Waals surface area contributed by atoms with Crippen molar-refractivity contribution in [3.05, 3.63) is 0 Å². The highest BCUT2D eigenvalue weighted by molar-refractivity contribution is 5.99. The van der Waals surface area contributed by atoms with Crippen LogP contribution in [0, 0.1) is 0 Å². The smallest absolute Gasteiger partial charge is 0.330 e. The Hall–Kier alpha value is -3.71. The molecule has 0 aliphatic rings. The summed E-state index contributed by atoms with van der Waals surface area (Å²) < 4.78 is 4.66. The molecule has 0 aromatic heterocycles. The van der Waals surface area contributed by atoms with E-state index in [-0.39, 0.29) is 0 Å². The molecule has 14 heteroatoms. The molecule has 0 rings (SSSR count). The number of nitrogens with one attached hydrogen (secondary N) is 6. The molecule has 0 fully saturated rings. The minimum absolute atomic E-state index is 0.419. The molecule has 222 valence electrons. The first-order valence-corrected chi connectivity index (χ1v) is 12.4. The second-order valence-electron chi connectivity index (χ2n) is 11.5. The third-order valence-electron chi connectivity index (χ3n) is 5.67. The zero-order valence-electron chi connectivity index (χ0n) is 24.9. The summed E-state index contributed by atoms with van der Waals surface area (Å²) in [6.07, 6.45) is 0. The van der Waals surface area contributed by atoms with Crippen LogP contribution in [0.2, 0.25) is 0 Å². The predicted molar refractivity (Wildman–Crippen MR) is 142 cm³/mol. The van der Waals surface area contributed by atoms with Crippen LogP contribution in [-0.4, -0.2) is 82.8 Å². The van der Waals surface area contributed by atoms with Crippen molar-refractivity contribution in [1.29, 1.82) is 0 Å². The minimum atomic E-state index is -1.49. The van der Waals surface area contributed by atoms with Gasteiger partial charge in [0.25, 0.3) is 0 Å². The number of ether oxygens (including phenoxy) is 1. The van der Waals surface area contributed by atoms with Crippen LogP contribution in [-0.2, 0) is 38.3 Å². The molecule has 14 nitrogen and oxygen atoms in total. The fourth-order valence-electron chi connectivity index (χ4n) is 3.07. The first-order chi connectivity index (χ1) is 17.4. The van der Waals surface area contributed by atoms with E-state index in [1.807, 2.05) is 0 Å². The van der Waals surface area contributed by atoms with E-state index in [2.05, 4.69) is 36.6 Å². The SMILES string of the molecule is COC(=O)C(C)(C)NC(=O)C(C)(C)NC(=O)[C@H](C)NC(=O)C(C)(C)NC(=O)[C@H](C)NC(=O)C(C)(C)NC(C)=O. The molecule has 0 heterocycles. The number of rotatable bonds is 12. The van der Waals surface area contributed by atoms with Gasteiger partial charge in [-0.15, -0.1) is 0 Å². The molecule has 0 radical (unpaired) electrons. The lowest BCUT2D eigenvalue weighted by molar-refractivity contribution is -0.150. The first kappa shape index (κ1) is 35.3. The maximum atomic E-state index is 12.9. The van der Waals surface area contributed by atoms with Gasteiger partial charge in [0.2, 0.25) is 35.4 Å². The molecule has 0 saturated carbocycles. The Morgan fingerprint density at radius 2 is 0.872 bits per heavy atom. The fourth-order valence-corrected chi connectivity index (χ4v) is 3.07. The zero-order chi connectivity index (χ0) is 31.1. The van der Waals surface area contributed by atoms with Crippen molar-refractivity contribution in [2.75, 3.05) is 7.11 Å². The summed E-state index contributed by atoms with van der Waals surface area (Å²) in [5, 5.41) is 15.0. The van der Waals surface area contributed by atoms with Gasteiger partial charge in [0.05, 0.1) is 7.11 Å².